The number of hydrogen-bond acceptors (Lipinski definition) is 2. The minimum absolute atomic E-state index is 0.326. The third-order valence-corrected chi connectivity index (χ3v) is 2.70. The second-order valence-electron chi connectivity index (χ2n) is 3.95. The molecule has 1 fully saturated rings. The van der Waals surface area contributed by atoms with Gasteiger partial charge in [-0.1, -0.05) is 6.08 Å². The van der Waals surface area contributed by atoms with Crippen LogP contribution in [0.15, 0.2) is 30.9 Å². The predicted octanol–water partition coefficient (Wildman–Crippen LogP) is 2.85. The fourth-order valence-electron chi connectivity index (χ4n) is 1.78. The lowest BCUT2D eigenvalue weighted by atomic mass is 10.2. The van der Waals surface area contributed by atoms with Gasteiger partial charge in [0.2, 0.25) is 0 Å². The number of nitrogens with zero attached hydrogens (tertiary/aromatic N) is 2. The van der Waals surface area contributed by atoms with Gasteiger partial charge in [-0.15, -0.1) is 6.58 Å². The van der Waals surface area contributed by atoms with E-state index in [1.165, 1.54) is 6.07 Å². The Bertz CT molecular complexity index is 444. The Balaban J connectivity index is 2.30. The van der Waals surface area contributed by atoms with Crippen LogP contribution in [0.25, 0.3) is 0 Å². The van der Waals surface area contributed by atoms with Gasteiger partial charge in [-0.3, -0.25) is 0 Å². The first-order valence-corrected chi connectivity index (χ1v) is 5.33. The number of hydrogen-bond donors (Lipinski definition) is 0. The Labute approximate surface area is 94.6 Å². The first-order chi connectivity index (χ1) is 7.76. The summed E-state index contributed by atoms with van der Waals surface area (Å²) in [5.74, 6) is -0.326. The Hall–Kier alpha value is -1.82. The molecule has 0 aliphatic heterocycles. The molecule has 3 heteroatoms. The van der Waals surface area contributed by atoms with Gasteiger partial charge in [0.15, 0.2) is 0 Å². The zero-order chi connectivity index (χ0) is 11.5. The molecule has 1 aliphatic carbocycles. The normalized spacial score (nSPS) is 14.2. The molecular formula is C13H13FN2. The minimum Gasteiger partial charge on any atom is -0.362 e. The van der Waals surface area contributed by atoms with Crippen LogP contribution in [0.5, 0.6) is 0 Å². The number of nitriles is 1. The third-order valence-electron chi connectivity index (χ3n) is 2.70. The molecule has 1 aliphatic rings. The van der Waals surface area contributed by atoms with Crippen LogP contribution in [-0.4, -0.2) is 12.6 Å². The van der Waals surface area contributed by atoms with Gasteiger partial charge >= 0.3 is 0 Å². The van der Waals surface area contributed by atoms with Crippen molar-refractivity contribution in [3.8, 4) is 6.07 Å². The van der Waals surface area contributed by atoms with E-state index in [-0.39, 0.29) is 5.82 Å². The molecule has 0 aromatic heterocycles. The SMILES string of the molecule is C=CCN(c1ccc(C#N)cc1F)C1CC1. The molecule has 1 saturated carbocycles. The van der Waals surface area contributed by atoms with Crippen molar-refractivity contribution in [2.45, 2.75) is 18.9 Å². The van der Waals surface area contributed by atoms with E-state index in [1.54, 1.807) is 18.2 Å². The molecule has 0 atom stereocenters. The van der Waals surface area contributed by atoms with Crippen molar-refractivity contribution in [2.24, 2.45) is 0 Å². The summed E-state index contributed by atoms with van der Waals surface area (Å²) in [5.41, 5.74) is 0.928. The molecule has 0 heterocycles. The molecule has 0 bridgehead atoms. The number of halogens is 1. The molecule has 1 aromatic carbocycles. The number of benzene rings is 1. The van der Waals surface area contributed by atoms with E-state index in [0.717, 1.165) is 12.8 Å². The fourth-order valence-corrected chi connectivity index (χ4v) is 1.78. The zero-order valence-corrected chi connectivity index (χ0v) is 8.99. The molecule has 0 spiro atoms. The quantitative estimate of drug-likeness (QED) is 0.723. The van der Waals surface area contributed by atoms with Gasteiger partial charge in [-0.25, -0.2) is 4.39 Å². The molecule has 1 aromatic rings. The van der Waals surface area contributed by atoms with Gasteiger partial charge in [0.1, 0.15) is 5.82 Å². The van der Waals surface area contributed by atoms with Gasteiger partial charge in [-0.05, 0) is 31.0 Å². The van der Waals surface area contributed by atoms with Crippen LogP contribution in [0.1, 0.15) is 18.4 Å². The van der Waals surface area contributed by atoms with Gasteiger partial charge < -0.3 is 4.90 Å². The van der Waals surface area contributed by atoms with Crippen LogP contribution < -0.4 is 4.90 Å². The Morgan fingerprint density at radius 2 is 2.31 bits per heavy atom. The molecule has 2 rings (SSSR count). The molecule has 2 nitrogen and oxygen atoms in total. The highest BCUT2D eigenvalue weighted by molar-refractivity contribution is 5.53. The molecule has 16 heavy (non-hydrogen) atoms. The van der Waals surface area contributed by atoms with Crippen molar-refractivity contribution in [3.05, 3.63) is 42.2 Å². The summed E-state index contributed by atoms with van der Waals surface area (Å²) in [6.45, 7) is 4.33. The number of anilines is 1. The second-order valence-corrected chi connectivity index (χ2v) is 3.95. The average molecular weight is 216 g/mol. The summed E-state index contributed by atoms with van der Waals surface area (Å²) in [6.07, 6.45) is 3.98. The van der Waals surface area contributed by atoms with E-state index in [1.807, 2.05) is 11.0 Å². The summed E-state index contributed by atoms with van der Waals surface area (Å²) >= 11 is 0. The van der Waals surface area contributed by atoms with E-state index in [2.05, 4.69) is 6.58 Å². The summed E-state index contributed by atoms with van der Waals surface area (Å²) in [7, 11) is 0. The van der Waals surface area contributed by atoms with Gasteiger partial charge in [0.05, 0.1) is 17.3 Å². The fraction of sp³-hybridized carbons (Fsp3) is 0.308. The van der Waals surface area contributed by atoms with Crippen LogP contribution in [0, 0.1) is 17.1 Å². The standard InChI is InChI=1S/C13H13FN2/c1-2-7-16(11-4-5-11)13-6-3-10(9-15)8-12(13)14/h2-3,6,8,11H,1,4-5,7H2. The van der Waals surface area contributed by atoms with Crippen LogP contribution in [0.4, 0.5) is 10.1 Å². The molecule has 0 N–H and O–H groups in total. The van der Waals surface area contributed by atoms with E-state index < -0.39 is 0 Å². The topological polar surface area (TPSA) is 27.0 Å². The van der Waals surface area contributed by atoms with Crippen LogP contribution in [-0.2, 0) is 0 Å². The largest absolute Gasteiger partial charge is 0.362 e. The van der Waals surface area contributed by atoms with E-state index in [0.29, 0.717) is 23.8 Å². The average Bonchev–Trinajstić information content (AvgIpc) is 3.10. The number of rotatable bonds is 4. The molecule has 0 saturated heterocycles. The minimum atomic E-state index is -0.326. The van der Waals surface area contributed by atoms with Gasteiger partial charge in [-0.2, -0.15) is 5.26 Å². The summed E-state index contributed by atoms with van der Waals surface area (Å²) in [6, 6.07) is 6.97. The van der Waals surface area contributed by atoms with E-state index in [9.17, 15) is 4.39 Å². The second kappa shape index (κ2) is 4.36. The Kier molecular flexibility index (Phi) is 2.91. The predicted molar refractivity (Wildman–Crippen MR) is 61.7 cm³/mol. The molecular weight excluding hydrogens is 203 g/mol. The summed E-state index contributed by atoms with van der Waals surface area (Å²) < 4.78 is 13.8. The summed E-state index contributed by atoms with van der Waals surface area (Å²) in [5, 5.41) is 8.67. The molecule has 0 amide bonds. The monoisotopic (exact) mass is 216 g/mol. The smallest absolute Gasteiger partial charge is 0.147 e. The van der Waals surface area contributed by atoms with E-state index in [4.69, 9.17) is 5.26 Å². The van der Waals surface area contributed by atoms with Crippen molar-refractivity contribution in [2.75, 3.05) is 11.4 Å². The van der Waals surface area contributed by atoms with Crippen LogP contribution in [0.2, 0.25) is 0 Å². The van der Waals surface area contributed by atoms with Crippen molar-refractivity contribution >= 4 is 5.69 Å². The van der Waals surface area contributed by atoms with Crippen LogP contribution >= 0.6 is 0 Å². The van der Waals surface area contributed by atoms with Crippen LogP contribution in [0.3, 0.4) is 0 Å². The Morgan fingerprint density at radius 3 is 2.81 bits per heavy atom. The van der Waals surface area contributed by atoms with E-state index >= 15 is 0 Å². The Morgan fingerprint density at radius 1 is 1.56 bits per heavy atom. The lowest BCUT2D eigenvalue weighted by molar-refractivity contribution is 0.619. The highest BCUT2D eigenvalue weighted by Gasteiger charge is 2.29. The van der Waals surface area contributed by atoms with Crippen molar-refractivity contribution in [1.82, 2.24) is 0 Å². The lowest BCUT2D eigenvalue weighted by Gasteiger charge is -2.23. The first kappa shape index (κ1) is 10.7. The summed E-state index contributed by atoms with van der Waals surface area (Å²) in [4.78, 5) is 2.00. The molecule has 0 unspecified atom stereocenters. The maximum absolute atomic E-state index is 13.8. The molecule has 82 valence electrons. The molecule has 0 radical (unpaired) electrons. The van der Waals surface area contributed by atoms with Crippen molar-refractivity contribution in [1.29, 1.82) is 5.26 Å². The first-order valence-electron chi connectivity index (χ1n) is 5.33. The van der Waals surface area contributed by atoms with Crippen molar-refractivity contribution < 1.29 is 4.39 Å². The maximum atomic E-state index is 13.8. The lowest BCUT2D eigenvalue weighted by Crippen LogP contribution is -2.26. The third kappa shape index (κ3) is 2.06. The maximum Gasteiger partial charge on any atom is 0.147 e. The highest BCUT2D eigenvalue weighted by Crippen LogP contribution is 2.33. The van der Waals surface area contributed by atoms with Gasteiger partial charge in [0, 0.05) is 12.6 Å². The van der Waals surface area contributed by atoms with Crippen molar-refractivity contribution in [3.63, 3.8) is 0 Å². The van der Waals surface area contributed by atoms with Gasteiger partial charge in [0.25, 0.3) is 0 Å². The zero-order valence-electron chi connectivity index (χ0n) is 8.99. The highest BCUT2D eigenvalue weighted by atomic mass is 19.1.